The number of carbonyl (C=O) groups is 1. The summed E-state index contributed by atoms with van der Waals surface area (Å²) in [6, 6.07) is 10.9. The number of amides is 1. The van der Waals surface area contributed by atoms with Crippen LogP contribution >= 0.6 is 11.8 Å². The van der Waals surface area contributed by atoms with Gasteiger partial charge in [0, 0.05) is 11.0 Å². The average molecular weight is 333 g/mol. The van der Waals surface area contributed by atoms with Gasteiger partial charge in [0.25, 0.3) is 0 Å². The maximum Gasteiger partial charge on any atom is 0.230 e. The van der Waals surface area contributed by atoms with Crippen molar-refractivity contribution in [3.8, 4) is 0 Å². The van der Waals surface area contributed by atoms with E-state index in [9.17, 15) is 13.6 Å². The maximum absolute atomic E-state index is 13.5. The lowest BCUT2D eigenvalue weighted by atomic mass is 10.3. The van der Waals surface area contributed by atoms with Gasteiger partial charge in [0.1, 0.15) is 17.5 Å². The van der Waals surface area contributed by atoms with E-state index in [1.807, 2.05) is 24.3 Å². The van der Waals surface area contributed by atoms with Crippen LogP contribution in [0.25, 0.3) is 11.0 Å². The molecule has 1 heterocycles. The lowest BCUT2D eigenvalue weighted by Gasteiger charge is -2.04. The number of imidazole rings is 1. The fourth-order valence-corrected chi connectivity index (χ4v) is 2.81. The third-order valence-electron chi connectivity index (χ3n) is 3.14. The first-order chi connectivity index (χ1) is 11.1. The molecule has 0 aliphatic heterocycles. The zero-order valence-electron chi connectivity index (χ0n) is 12.0. The van der Waals surface area contributed by atoms with E-state index in [0.29, 0.717) is 5.82 Å². The van der Waals surface area contributed by atoms with Gasteiger partial charge >= 0.3 is 0 Å². The Morgan fingerprint density at radius 1 is 1.22 bits per heavy atom. The molecule has 1 aromatic heterocycles. The minimum absolute atomic E-state index is 0.0444. The van der Waals surface area contributed by atoms with E-state index >= 15 is 0 Å². The second kappa shape index (κ2) is 6.78. The molecule has 7 heteroatoms. The van der Waals surface area contributed by atoms with Gasteiger partial charge in [-0.05, 0) is 24.3 Å². The summed E-state index contributed by atoms with van der Waals surface area (Å²) in [5.74, 6) is -0.860. The molecule has 0 fully saturated rings. The van der Waals surface area contributed by atoms with Gasteiger partial charge in [-0.2, -0.15) is 0 Å². The molecule has 4 nitrogen and oxygen atoms in total. The van der Waals surface area contributed by atoms with Gasteiger partial charge in [0.2, 0.25) is 5.91 Å². The Bertz CT molecular complexity index is 817. The highest BCUT2D eigenvalue weighted by Crippen LogP contribution is 2.22. The van der Waals surface area contributed by atoms with Crippen LogP contribution in [0, 0.1) is 11.6 Å². The van der Waals surface area contributed by atoms with Gasteiger partial charge in [-0.3, -0.25) is 4.79 Å². The number of H-pyrrole nitrogens is 1. The van der Waals surface area contributed by atoms with Crippen LogP contribution < -0.4 is 5.32 Å². The molecule has 118 valence electrons. The number of nitrogens with zero attached hydrogens (tertiary/aromatic N) is 1. The number of aromatic nitrogens is 2. The summed E-state index contributed by atoms with van der Waals surface area (Å²) < 4.78 is 26.3. The maximum atomic E-state index is 13.5. The fraction of sp³-hybridized carbons (Fsp3) is 0.125. The highest BCUT2D eigenvalue weighted by atomic mass is 32.2. The zero-order valence-corrected chi connectivity index (χ0v) is 12.8. The van der Waals surface area contributed by atoms with E-state index in [0.717, 1.165) is 34.9 Å². The number of carbonyl (C=O) groups excluding carboxylic acids is 1. The van der Waals surface area contributed by atoms with Crippen molar-refractivity contribution in [3.05, 3.63) is 59.9 Å². The third kappa shape index (κ3) is 3.87. The second-order valence-electron chi connectivity index (χ2n) is 4.84. The molecule has 0 spiro atoms. The quantitative estimate of drug-likeness (QED) is 0.705. The van der Waals surface area contributed by atoms with Crippen LogP contribution in [0.2, 0.25) is 0 Å². The third-order valence-corrected chi connectivity index (χ3v) is 4.19. The summed E-state index contributed by atoms with van der Waals surface area (Å²) in [5, 5.41) is 2.71. The predicted molar refractivity (Wildman–Crippen MR) is 85.0 cm³/mol. The fourth-order valence-electron chi connectivity index (χ4n) is 2.06. The normalized spacial score (nSPS) is 10.9. The minimum Gasteiger partial charge on any atom is -0.348 e. The molecule has 0 radical (unpaired) electrons. The Labute approximate surface area is 135 Å². The molecule has 1 amide bonds. The van der Waals surface area contributed by atoms with Crippen LogP contribution in [0.3, 0.4) is 0 Å². The number of nitrogens with one attached hydrogen (secondary N) is 2. The molecular weight excluding hydrogens is 320 g/mol. The molecule has 23 heavy (non-hydrogen) atoms. The SMILES string of the molecule is O=C(CSc1ccc(F)cc1F)NCc1nc2ccccc2[nH]1. The van der Waals surface area contributed by atoms with Crippen molar-refractivity contribution >= 4 is 28.7 Å². The van der Waals surface area contributed by atoms with Crippen LogP contribution in [0.15, 0.2) is 47.4 Å². The van der Waals surface area contributed by atoms with Gasteiger partial charge in [0.05, 0.1) is 23.3 Å². The van der Waals surface area contributed by atoms with E-state index < -0.39 is 11.6 Å². The highest BCUT2D eigenvalue weighted by molar-refractivity contribution is 8.00. The number of rotatable bonds is 5. The Balaban J connectivity index is 1.53. The van der Waals surface area contributed by atoms with Crippen LogP contribution in [0.5, 0.6) is 0 Å². The van der Waals surface area contributed by atoms with E-state index in [1.165, 1.54) is 6.07 Å². The number of aromatic amines is 1. The zero-order chi connectivity index (χ0) is 16.2. The molecular formula is C16H13F2N3OS. The smallest absolute Gasteiger partial charge is 0.230 e. The monoisotopic (exact) mass is 333 g/mol. The summed E-state index contributed by atoms with van der Waals surface area (Å²) in [6.45, 7) is 0.264. The first-order valence-corrected chi connectivity index (χ1v) is 7.88. The minimum atomic E-state index is -0.667. The molecule has 2 N–H and O–H groups in total. The van der Waals surface area contributed by atoms with E-state index in [1.54, 1.807) is 0 Å². The number of halogens is 2. The molecule has 3 rings (SSSR count). The number of hydrogen-bond donors (Lipinski definition) is 2. The van der Waals surface area contributed by atoms with Crippen molar-refractivity contribution in [3.63, 3.8) is 0 Å². The van der Waals surface area contributed by atoms with Gasteiger partial charge in [-0.15, -0.1) is 11.8 Å². The lowest BCUT2D eigenvalue weighted by Crippen LogP contribution is -2.25. The van der Waals surface area contributed by atoms with Crippen LogP contribution in [0.1, 0.15) is 5.82 Å². The highest BCUT2D eigenvalue weighted by Gasteiger charge is 2.09. The molecule has 0 unspecified atom stereocenters. The summed E-state index contributed by atoms with van der Waals surface area (Å²) in [7, 11) is 0. The number of benzene rings is 2. The predicted octanol–water partition coefficient (Wildman–Crippen LogP) is 3.25. The van der Waals surface area contributed by atoms with Crippen LogP contribution in [-0.4, -0.2) is 21.6 Å². The molecule has 0 bridgehead atoms. The Morgan fingerprint density at radius 3 is 2.83 bits per heavy atom. The van der Waals surface area contributed by atoms with Crippen LogP contribution in [-0.2, 0) is 11.3 Å². The number of fused-ring (bicyclic) bond motifs is 1. The van der Waals surface area contributed by atoms with Crippen molar-refractivity contribution in [2.45, 2.75) is 11.4 Å². The molecule has 0 atom stereocenters. The lowest BCUT2D eigenvalue weighted by molar-refractivity contribution is -0.118. The second-order valence-corrected chi connectivity index (χ2v) is 5.86. The van der Waals surface area contributed by atoms with Gasteiger partial charge in [0.15, 0.2) is 0 Å². The van der Waals surface area contributed by atoms with Gasteiger partial charge in [-0.1, -0.05) is 12.1 Å². The van der Waals surface area contributed by atoms with Crippen molar-refractivity contribution in [2.75, 3.05) is 5.75 Å². The first kappa shape index (κ1) is 15.5. The Kier molecular flexibility index (Phi) is 4.57. The molecule has 3 aromatic rings. The number of thioether (sulfide) groups is 1. The first-order valence-electron chi connectivity index (χ1n) is 6.90. The van der Waals surface area contributed by atoms with Crippen LogP contribution in [0.4, 0.5) is 8.78 Å². The van der Waals surface area contributed by atoms with Crippen molar-refractivity contribution in [2.24, 2.45) is 0 Å². The topological polar surface area (TPSA) is 57.8 Å². The summed E-state index contributed by atoms with van der Waals surface area (Å²) in [4.78, 5) is 19.5. The summed E-state index contributed by atoms with van der Waals surface area (Å²) >= 11 is 1.02. The molecule has 2 aromatic carbocycles. The summed E-state index contributed by atoms with van der Waals surface area (Å²) in [5.41, 5.74) is 1.74. The Hall–Kier alpha value is -2.41. The molecule has 0 aliphatic rings. The van der Waals surface area contributed by atoms with E-state index in [-0.39, 0.29) is 23.1 Å². The van der Waals surface area contributed by atoms with E-state index in [4.69, 9.17) is 0 Å². The summed E-state index contributed by atoms with van der Waals surface area (Å²) in [6.07, 6.45) is 0. The van der Waals surface area contributed by atoms with Crippen molar-refractivity contribution in [1.29, 1.82) is 0 Å². The Morgan fingerprint density at radius 2 is 2.04 bits per heavy atom. The molecule has 0 aliphatic carbocycles. The van der Waals surface area contributed by atoms with Gasteiger partial charge in [-0.25, -0.2) is 13.8 Å². The largest absolute Gasteiger partial charge is 0.348 e. The molecule has 0 saturated carbocycles. The molecule has 0 saturated heterocycles. The number of hydrogen-bond acceptors (Lipinski definition) is 3. The van der Waals surface area contributed by atoms with Gasteiger partial charge < -0.3 is 10.3 Å². The number of para-hydroxylation sites is 2. The van der Waals surface area contributed by atoms with Crippen molar-refractivity contribution < 1.29 is 13.6 Å². The average Bonchev–Trinajstić information content (AvgIpc) is 2.95. The van der Waals surface area contributed by atoms with E-state index in [2.05, 4.69) is 15.3 Å². The van der Waals surface area contributed by atoms with Crippen molar-refractivity contribution in [1.82, 2.24) is 15.3 Å². The standard InChI is InChI=1S/C16H13F2N3OS/c17-10-5-6-14(11(18)7-10)23-9-16(22)19-8-15-20-12-3-1-2-4-13(12)21-15/h1-7H,8-9H2,(H,19,22)(H,20,21).